The van der Waals surface area contributed by atoms with E-state index in [9.17, 15) is 23.9 Å². The predicted molar refractivity (Wildman–Crippen MR) is 130 cm³/mol. The zero-order valence-electron chi connectivity index (χ0n) is 20.3. The fraction of sp³-hybridized carbons (Fsp3) is 0.423. The molecule has 2 aromatic rings. The number of benzene rings is 2. The average Bonchev–Trinajstić information content (AvgIpc) is 3.67. The summed E-state index contributed by atoms with van der Waals surface area (Å²) in [5.41, 5.74) is -0.301. The number of aromatic hydroxyl groups is 1. The van der Waals surface area contributed by atoms with E-state index in [1.54, 1.807) is 12.1 Å². The van der Waals surface area contributed by atoms with Crippen LogP contribution in [0.1, 0.15) is 46.4 Å². The first-order valence-corrected chi connectivity index (χ1v) is 11.9. The standard InChI is InChI=1S/C26H30FN3O6/c1-35-19-13-17(12-18(31)14-19)23(32)29-26(8-9-26)25(34)28-15-16-6-10-30(11-7-16)21-5-3-4-20(27)22(21)24(33)36-2/h3-5,12-14,16,31H,6-11,15H2,1-2H3,(H,28,34)(H,29,32). The molecule has 0 spiro atoms. The van der Waals surface area contributed by atoms with Crippen LogP contribution in [0.3, 0.4) is 0 Å². The Morgan fingerprint density at radius 3 is 2.50 bits per heavy atom. The Balaban J connectivity index is 1.30. The molecule has 3 N–H and O–H groups in total. The number of hydrogen-bond acceptors (Lipinski definition) is 7. The van der Waals surface area contributed by atoms with Gasteiger partial charge < -0.3 is 30.1 Å². The van der Waals surface area contributed by atoms with E-state index in [4.69, 9.17) is 9.47 Å². The van der Waals surface area contributed by atoms with Gasteiger partial charge in [-0.2, -0.15) is 0 Å². The van der Waals surface area contributed by atoms with Crippen molar-refractivity contribution in [3.8, 4) is 11.5 Å². The van der Waals surface area contributed by atoms with Crippen LogP contribution in [-0.2, 0) is 9.53 Å². The zero-order valence-corrected chi connectivity index (χ0v) is 20.3. The van der Waals surface area contributed by atoms with E-state index in [1.807, 2.05) is 4.90 Å². The van der Waals surface area contributed by atoms with Gasteiger partial charge in [0.05, 0.1) is 19.9 Å². The second-order valence-electron chi connectivity index (χ2n) is 9.22. The number of phenols is 1. The van der Waals surface area contributed by atoms with Crippen molar-refractivity contribution in [1.29, 1.82) is 0 Å². The van der Waals surface area contributed by atoms with Gasteiger partial charge in [-0.25, -0.2) is 9.18 Å². The van der Waals surface area contributed by atoms with Gasteiger partial charge in [0.1, 0.15) is 28.4 Å². The molecule has 2 aliphatic rings. The van der Waals surface area contributed by atoms with E-state index >= 15 is 0 Å². The molecule has 10 heteroatoms. The highest BCUT2D eigenvalue weighted by Crippen LogP contribution is 2.36. The minimum Gasteiger partial charge on any atom is -0.508 e. The fourth-order valence-electron chi connectivity index (χ4n) is 4.52. The molecule has 9 nitrogen and oxygen atoms in total. The number of anilines is 1. The Morgan fingerprint density at radius 2 is 1.86 bits per heavy atom. The Labute approximate surface area is 208 Å². The van der Waals surface area contributed by atoms with Crippen LogP contribution in [0.4, 0.5) is 10.1 Å². The molecule has 0 bridgehead atoms. The van der Waals surface area contributed by atoms with Gasteiger partial charge in [0, 0.05) is 31.3 Å². The molecule has 4 rings (SSSR count). The van der Waals surface area contributed by atoms with Crippen molar-refractivity contribution in [3.63, 3.8) is 0 Å². The zero-order chi connectivity index (χ0) is 25.9. The predicted octanol–water partition coefficient (Wildman–Crippen LogP) is 2.62. The quantitative estimate of drug-likeness (QED) is 0.478. The first kappa shape index (κ1) is 25.3. The number of nitrogens with zero attached hydrogens (tertiary/aromatic N) is 1. The monoisotopic (exact) mass is 499 g/mol. The molecule has 2 amide bonds. The number of halogens is 1. The number of piperidine rings is 1. The number of rotatable bonds is 8. The van der Waals surface area contributed by atoms with E-state index in [0.717, 1.165) is 12.8 Å². The van der Waals surface area contributed by atoms with E-state index in [1.165, 1.54) is 38.5 Å². The molecule has 1 saturated carbocycles. The lowest BCUT2D eigenvalue weighted by atomic mass is 9.95. The van der Waals surface area contributed by atoms with Gasteiger partial charge in [0.2, 0.25) is 5.91 Å². The first-order valence-electron chi connectivity index (χ1n) is 11.9. The highest BCUT2D eigenvalue weighted by atomic mass is 19.1. The summed E-state index contributed by atoms with van der Waals surface area (Å²) >= 11 is 0. The van der Waals surface area contributed by atoms with Gasteiger partial charge in [-0.3, -0.25) is 9.59 Å². The lowest BCUT2D eigenvalue weighted by Crippen LogP contribution is -2.50. The summed E-state index contributed by atoms with van der Waals surface area (Å²) in [4.78, 5) is 39.6. The maximum Gasteiger partial charge on any atom is 0.342 e. The average molecular weight is 500 g/mol. The minimum atomic E-state index is -0.951. The fourth-order valence-corrected chi connectivity index (χ4v) is 4.52. The molecule has 1 aliphatic heterocycles. The normalized spacial score (nSPS) is 16.7. The number of carbonyl (C=O) groups is 3. The van der Waals surface area contributed by atoms with Crippen molar-refractivity contribution < 1.29 is 33.4 Å². The second kappa shape index (κ2) is 10.4. The number of methoxy groups -OCH3 is 2. The van der Waals surface area contributed by atoms with Crippen molar-refractivity contribution >= 4 is 23.5 Å². The van der Waals surface area contributed by atoms with Crippen LogP contribution in [0.2, 0.25) is 0 Å². The molecule has 1 saturated heterocycles. The number of ether oxygens (including phenoxy) is 2. The van der Waals surface area contributed by atoms with Crippen LogP contribution in [-0.4, -0.2) is 62.3 Å². The van der Waals surface area contributed by atoms with E-state index < -0.39 is 23.2 Å². The number of nitrogens with one attached hydrogen (secondary N) is 2. The Kier molecular flexibility index (Phi) is 7.32. The Hall–Kier alpha value is -3.82. The van der Waals surface area contributed by atoms with Gasteiger partial charge in [-0.15, -0.1) is 0 Å². The molecule has 2 aromatic carbocycles. The third-order valence-corrected chi connectivity index (χ3v) is 6.81. The SMILES string of the molecule is COC(=O)c1c(F)cccc1N1CCC(CNC(=O)C2(NC(=O)c3cc(O)cc(OC)c3)CC2)CC1. The van der Waals surface area contributed by atoms with Crippen molar-refractivity contribution in [3.05, 3.63) is 53.3 Å². The lowest BCUT2D eigenvalue weighted by Gasteiger charge is -2.34. The summed E-state index contributed by atoms with van der Waals surface area (Å²) in [6.07, 6.45) is 2.57. The molecule has 192 valence electrons. The largest absolute Gasteiger partial charge is 0.508 e. The maximum absolute atomic E-state index is 14.3. The highest BCUT2D eigenvalue weighted by molar-refractivity contribution is 6.01. The summed E-state index contributed by atoms with van der Waals surface area (Å²) < 4.78 is 24.1. The molecule has 0 unspecified atom stereocenters. The van der Waals surface area contributed by atoms with Crippen LogP contribution in [0.15, 0.2) is 36.4 Å². The molecule has 36 heavy (non-hydrogen) atoms. The minimum absolute atomic E-state index is 0.0671. The smallest absolute Gasteiger partial charge is 0.342 e. The number of hydrogen-bond donors (Lipinski definition) is 3. The van der Waals surface area contributed by atoms with Gasteiger partial charge in [-0.05, 0) is 55.9 Å². The van der Waals surface area contributed by atoms with Gasteiger partial charge in [-0.1, -0.05) is 6.07 Å². The first-order chi connectivity index (χ1) is 17.3. The van der Waals surface area contributed by atoms with Gasteiger partial charge in [0.15, 0.2) is 0 Å². The van der Waals surface area contributed by atoms with Crippen LogP contribution in [0.25, 0.3) is 0 Å². The van der Waals surface area contributed by atoms with E-state index in [-0.39, 0.29) is 28.7 Å². The van der Waals surface area contributed by atoms with Crippen molar-refractivity contribution in [2.75, 3.05) is 38.8 Å². The van der Waals surface area contributed by atoms with Crippen LogP contribution in [0, 0.1) is 11.7 Å². The van der Waals surface area contributed by atoms with E-state index in [0.29, 0.717) is 43.9 Å². The summed E-state index contributed by atoms with van der Waals surface area (Å²) in [7, 11) is 2.66. The third-order valence-electron chi connectivity index (χ3n) is 6.81. The summed E-state index contributed by atoms with van der Waals surface area (Å²) in [5.74, 6) is -1.56. The second-order valence-corrected chi connectivity index (χ2v) is 9.22. The molecular formula is C26H30FN3O6. The van der Waals surface area contributed by atoms with Crippen molar-refractivity contribution in [1.82, 2.24) is 10.6 Å². The molecule has 1 aliphatic carbocycles. The lowest BCUT2D eigenvalue weighted by molar-refractivity contribution is -0.124. The molecular weight excluding hydrogens is 469 g/mol. The summed E-state index contributed by atoms with van der Waals surface area (Å²) in [6, 6.07) is 8.73. The molecule has 0 aromatic heterocycles. The van der Waals surface area contributed by atoms with Crippen LogP contribution < -0.4 is 20.3 Å². The van der Waals surface area contributed by atoms with Crippen molar-refractivity contribution in [2.45, 2.75) is 31.2 Å². The summed E-state index contributed by atoms with van der Waals surface area (Å²) in [5, 5.41) is 15.6. The third kappa shape index (κ3) is 5.37. The molecule has 2 fully saturated rings. The highest BCUT2D eigenvalue weighted by Gasteiger charge is 2.51. The number of amides is 2. The number of carbonyl (C=O) groups excluding carboxylic acids is 3. The van der Waals surface area contributed by atoms with Gasteiger partial charge >= 0.3 is 5.97 Å². The maximum atomic E-state index is 14.3. The number of phenolic OH excluding ortho intramolecular Hbond substituents is 1. The number of esters is 1. The molecule has 1 heterocycles. The van der Waals surface area contributed by atoms with Crippen molar-refractivity contribution in [2.24, 2.45) is 5.92 Å². The van der Waals surface area contributed by atoms with Crippen LogP contribution in [0.5, 0.6) is 11.5 Å². The summed E-state index contributed by atoms with van der Waals surface area (Å²) in [6.45, 7) is 1.67. The molecule has 0 atom stereocenters. The van der Waals surface area contributed by atoms with Crippen LogP contribution >= 0.6 is 0 Å². The Morgan fingerprint density at radius 1 is 1.14 bits per heavy atom. The molecule has 0 radical (unpaired) electrons. The Bertz CT molecular complexity index is 1160. The topological polar surface area (TPSA) is 117 Å². The van der Waals surface area contributed by atoms with E-state index in [2.05, 4.69) is 10.6 Å². The van der Waals surface area contributed by atoms with Gasteiger partial charge in [0.25, 0.3) is 5.91 Å².